The summed E-state index contributed by atoms with van der Waals surface area (Å²) in [5.41, 5.74) is 5.32. The molecule has 0 aliphatic carbocycles. The van der Waals surface area contributed by atoms with Crippen LogP contribution in [-0.4, -0.2) is 23.6 Å². The Balaban J connectivity index is 1.99. The number of ether oxygens (including phenoxy) is 1. The van der Waals surface area contributed by atoms with Crippen molar-refractivity contribution in [2.75, 3.05) is 11.9 Å². The van der Waals surface area contributed by atoms with Crippen LogP contribution in [0.25, 0.3) is 0 Å². The predicted molar refractivity (Wildman–Crippen MR) is 75.3 cm³/mol. The van der Waals surface area contributed by atoms with E-state index in [9.17, 15) is 9.59 Å². The first kappa shape index (κ1) is 14.9. The van der Waals surface area contributed by atoms with E-state index in [2.05, 4.69) is 10.5 Å². The summed E-state index contributed by atoms with van der Waals surface area (Å²) in [5, 5.41) is 6.44. The molecule has 110 valence electrons. The van der Waals surface area contributed by atoms with Gasteiger partial charge in [-0.05, 0) is 25.1 Å². The first-order chi connectivity index (χ1) is 9.95. The molecule has 0 aliphatic rings. The monoisotopic (exact) mass is 309 g/mol. The average Bonchev–Trinajstić information content (AvgIpc) is 2.82. The molecular formula is C13H12ClN3O4. The van der Waals surface area contributed by atoms with Gasteiger partial charge in [-0.3, -0.25) is 9.59 Å². The number of halogens is 1. The molecule has 0 bridgehead atoms. The Kier molecular flexibility index (Phi) is 4.44. The van der Waals surface area contributed by atoms with Crippen molar-refractivity contribution in [2.24, 2.45) is 5.73 Å². The fraction of sp³-hybridized carbons (Fsp3) is 0.154. The number of aromatic nitrogens is 1. The molecule has 3 N–H and O–H groups in total. The van der Waals surface area contributed by atoms with Gasteiger partial charge in [0.1, 0.15) is 11.5 Å². The third-order valence-corrected chi connectivity index (χ3v) is 2.70. The SMILES string of the molecule is Cc1cc(NC(=O)COc2ccc(Cl)cc2C(N)=O)no1. The molecule has 0 fully saturated rings. The Labute approximate surface area is 125 Å². The molecule has 0 unspecified atom stereocenters. The van der Waals surface area contributed by atoms with Gasteiger partial charge in [0.2, 0.25) is 0 Å². The molecule has 2 amide bonds. The molecule has 1 aromatic heterocycles. The smallest absolute Gasteiger partial charge is 0.263 e. The van der Waals surface area contributed by atoms with Crippen LogP contribution in [0.2, 0.25) is 5.02 Å². The average molecular weight is 310 g/mol. The van der Waals surface area contributed by atoms with Crippen molar-refractivity contribution in [3.63, 3.8) is 0 Å². The van der Waals surface area contributed by atoms with Crippen molar-refractivity contribution in [1.29, 1.82) is 0 Å². The van der Waals surface area contributed by atoms with Crippen LogP contribution in [-0.2, 0) is 4.79 Å². The third-order valence-electron chi connectivity index (χ3n) is 2.46. The molecule has 2 aromatic rings. The molecule has 0 atom stereocenters. The second-order valence-electron chi connectivity index (χ2n) is 4.16. The lowest BCUT2D eigenvalue weighted by molar-refractivity contribution is -0.118. The number of nitrogens with one attached hydrogen (secondary N) is 1. The molecule has 0 spiro atoms. The maximum absolute atomic E-state index is 11.7. The number of hydrogen-bond donors (Lipinski definition) is 2. The Morgan fingerprint density at radius 3 is 2.81 bits per heavy atom. The summed E-state index contributed by atoms with van der Waals surface area (Å²) < 4.78 is 10.1. The van der Waals surface area contributed by atoms with Crippen molar-refractivity contribution in [3.8, 4) is 5.75 Å². The quantitative estimate of drug-likeness (QED) is 0.875. The minimum atomic E-state index is -0.694. The number of rotatable bonds is 5. The first-order valence-corrected chi connectivity index (χ1v) is 6.29. The third kappa shape index (κ3) is 3.96. The van der Waals surface area contributed by atoms with E-state index in [1.54, 1.807) is 13.0 Å². The largest absolute Gasteiger partial charge is 0.483 e. The molecule has 0 aliphatic heterocycles. The fourth-order valence-electron chi connectivity index (χ4n) is 1.57. The van der Waals surface area contributed by atoms with Crippen LogP contribution < -0.4 is 15.8 Å². The van der Waals surface area contributed by atoms with Gasteiger partial charge in [0.25, 0.3) is 11.8 Å². The Bertz CT molecular complexity index is 684. The summed E-state index contributed by atoms with van der Waals surface area (Å²) in [6.07, 6.45) is 0. The molecule has 0 radical (unpaired) electrons. The topological polar surface area (TPSA) is 107 Å². The van der Waals surface area contributed by atoms with Crippen LogP contribution in [0.3, 0.4) is 0 Å². The highest BCUT2D eigenvalue weighted by Crippen LogP contribution is 2.22. The van der Waals surface area contributed by atoms with Crippen LogP contribution in [0.15, 0.2) is 28.8 Å². The number of nitrogens with two attached hydrogens (primary N) is 1. The van der Waals surface area contributed by atoms with Crippen molar-refractivity contribution >= 4 is 29.2 Å². The summed E-state index contributed by atoms with van der Waals surface area (Å²) in [6, 6.07) is 5.94. The van der Waals surface area contributed by atoms with E-state index in [1.807, 2.05) is 0 Å². The van der Waals surface area contributed by atoms with E-state index in [1.165, 1.54) is 18.2 Å². The van der Waals surface area contributed by atoms with Crippen LogP contribution in [0.5, 0.6) is 5.75 Å². The maximum atomic E-state index is 11.7. The zero-order valence-electron chi connectivity index (χ0n) is 11.1. The van der Waals surface area contributed by atoms with E-state index >= 15 is 0 Å². The van der Waals surface area contributed by atoms with Crippen molar-refractivity contribution in [2.45, 2.75) is 6.92 Å². The summed E-state index contributed by atoms with van der Waals surface area (Å²) >= 11 is 5.77. The minimum Gasteiger partial charge on any atom is -0.483 e. The highest BCUT2D eigenvalue weighted by Gasteiger charge is 2.12. The van der Waals surface area contributed by atoms with E-state index in [0.29, 0.717) is 10.8 Å². The van der Waals surface area contributed by atoms with Crippen molar-refractivity contribution in [1.82, 2.24) is 5.16 Å². The van der Waals surface area contributed by atoms with E-state index in [-0.39, 0.29) is 23.7 Å². The summed E-state index contributed by atoms with van der Waals surface area (Å²) in [7, 11) is 0. The van der Waals surface area contributed by atoms with Gasteiger partial charge in [-0.1, -0.05) is 16.8 Å². The highest BCUT2D eigenvalue weighted by molar-refractivity contribution is 6.31. The number of aryl methyl sites for hydroxylation is 1. The normalized spacial score (nSPS) is 10.2. The van der Waals surface area contributed by atoms with E-state index in [4.69, 9.17) is 26.6 Å². The summed E-state index contributed by atoms with van der Waals surface area (Å²) in [6.45, 7) is 1.39. The van der Waals surface area contributed by atoms with Gasteiger partial charge in [-0.2, -0.15) is 0 Å². The Hall–Kier alpha value is -2.54. The van der Waals surface area contributed by atoms with Gasteiger partial charge >= 0.3 is 0 Å². The minimum absolute atomic E-state index is 0.104. The second kappa shape index (κ2) is 6.27. The number of hydrogen-bond acceptors (Lipinski definition) is 5. The molecular weight excluding hydrogens is 298 g/mol. The molecule has 21 heavy (non-hydrogen) atoms. The molecule has 1 aromatic carbocycles. The van der Waals surface area contributed by atoms with Crippen molar-refractivity contribution in [3.05, 3.63) is 40.6 Å². The number of carbonyl (C=O) groups is 2. The van der Waals surface area contributed by atoms with Crippen LogP contribution in [0, 0.1) is 6.92 Å². The zero-order chi connectivity index (χ0) is 15.4. The lowest BCUT2D eigenvalue weighted by atomic mass is 10.2. The molecule has 8 heteroatoms. The number of anilines is 1. The maximum Gasteiger partial charge on any atom is 0.263 e. The molecule has 1 heterocycles. The predicted octanol–water partition coefficient (Wildman–Crippen LogP) is 1.75. The lowest BCUT2D eigenvalue weighted by Gasteiger charge is -2.09. The summed E-state index contributed by atoms with van der Waals surface area (Å²) in [5.74, 6) is -0.112. The zero-order valence-corrected chi connectivity index (χ0v) is 11.8. The first-order valence-electron chi connectivity index (χ1n) is 5.91. The van der Waals surface area contributed by atoms with Gasteiger partial charge in [0, 0.05) is 11.1 Å². The fourth-order valence-corrected chi connectivity index (χ4v) is 1.74. The molecule has 2 rings (SSSR count). The van der Waals surface area contributed by atoms with Crippen LogP contribution in [0.4, 0.5) is 5.82 Å². The van der Waals surface area contributed by atoms with Gasteiger partial charge < -0.3 is 20.3 Å². The van der Waals surface area contributed by atoms with Crippen LogP contribution >= 0.6 is 11.6 Å². The molecule has 0 saturated heterocycles. The second-order valence-corrected chi connectivity index (χ2v) is 4.60. The number of amides is 2. The number of primary amides is 1. The van der Waals surface area contributed by atoms with Gasteiger partial charge in [0.15, 0.2) is 12.4 Å². The van der Waals surface area contributed by atoms with Crippen LogP contribution in [0.1, 0.15) is 16.1 Å². The van der Waals surface area contributed by atoms with Gasteiger partial charge in [0.05, 0.1) is 5.56 Å². The Morgan fingerprint density at radius 2 is 2.19 bits per heavy atom. The van der Waals surface area contributed by atoms with Crippen molar-refractivity contribution < 1.29 is 18.8 Å². The molecule has 0 saturated carbocycles. The number of benzene rings is 1. The van der Waals surface area contributed by atoms with E-state index < -0.39 is 11.8 Å². The highest BCUT2D eigenvalue weighted by atomic mass is 35.5. The van der Waals surface area contributed by atoms with E-state index in [0.717, 1.165) is 0 Å². The summed E-state index contributed by atoms with van der Waals surface area (Å²) in [4.78, 5) is 23.0. The number of carbonyl (C=O) groups excluding carboxylic acids is 2. The van der Waals surface area contributed by atoms with Gasteiger partial charge in [-0.15, -0.1) is 0 Å². The molecule has 7 nitrogen and oxygen atoms in total. The Morgan fingerprint density at radius 1 is 1.43 bits per heavy atom. The standard InChI is InChI=1S/C13H12ClN3O4/c1-7-4-11(17-21-7)16-12(18)6-20-10-3-2-8(14)5-9(10)13(15)19/h2-5H,6H2,1H3,(H2,15,19)(H,16,17,18). The lowest BCUT2D eigenvalue weighted by Crippen LogP contribution is -2.21. The van der Waals surface area contributed by atoms with Gasteiger partial charge in [-0.25, -0.2) is 0 Å². The number of nitrogens with zero attached hydrogens (tertiary/aromatic N) is 1.